The van der Waals surface area contributed by atoms with Crippen molar-refractivity contribution in [3.8, 4) is 0 Å². The molecule has 0 amide bonds. The van der Waals surface area contributed by atoms with Crippen molar-refractivity contribution >= 4 is 17.6 Å². The minimum absolute atomic E-state index is 0.315. The molecule has 100 valence electrons. The van der Waals surface area contributed by atoms with Crippen molar-refractivity contribution < 1.29 is 18.4 Å². The number of rotatable bonds is 4. The number of amidine groups is 1. The van der Waals surface area contributed by atoms with Gasteiger partial charge in [-0.2, -0.15) is 13.2 Å². The van der Waals surface area contributed by atoms with E-state index in [1.54, 1.807) is 12.1 Å². The van der Waals surface area contributed by atoms with E-state index < -0.39 is 17.9 Å². The first-order chi connectivity index (χ1) is 8.36. The van der Waals surface area contributed by atoms with Gasteiger partial charge in [0.25, 0.3) is 0 Å². The van der Waals surface area contributed by atoms with Crippen molar-refractivity contribution in [2.75, 3.05) is 5.75 Å². The van der Waals surface area contributed by atoms with Crippen LogP contribution in [-0.4, -0.2) is 23.0 Å². The molecule has 3 N–H and O–H groups in total. The Hall–Kier alpha value is -1.37. The fourth-order valence-electron chi connectivity index (χ4n) is 1.31. The molecule has 18 heavy (non-hydrogen) atoms. The fraction of sp³-hybridized carbons (Fsp3) is 0.364. The highest BCUT2D eigenvalue weighted by Crippen LogP contribution is 2.32. The smallest absolute Gasteiger partial charge is 0.399 e. The lowest BCUT2D eigenvalue weighted by Gasteiger charge is -2.18. The molecule has 0 saturated carbocycles. The second kappa shape index (κ2) is 5.99. The average Bonchev–Trinajstić information content (AvgIpc) is 2.29. The maximum atomic E-state index is 12.7. The second-order valence-corrected chi connectivity index (χ2v) is 4.76. The SMILES string of the molecule is Cc1ccccc1SCC(/C(N)=N/O)C(F)(F)F. The van der Waals surface area contributed by atoms with Gasteiger partial charge in [-0.05, 0) is 18.6 Å². The predicted octanol–water partition coefficient (Wildman–Crippen LogP) is 3.01. The Morgan fingerprint density at radius 3 is 2.56 bits per heavy atom. The lowest BCUT2D eigenvalue weighted by molar-refractivity contribution is -0.150. The monoisotopic (exact) mass is 278 g/mol. The van der Waals surface area contributed by atoms with Gasteiger partial charge in [-0.25, -0.2) is 0 Å². The van der Waals surface area contributed by atoms with Gasteiger partial charge < -0.3 is 10.9 Å². The normalized spacial score (nSPS) is 14.6. The van der Waals surface area contributed by atoms with Crippen LogP contribution in [0.15, 0.2) is 34.3 Å². The molecule has 0 aliphatic heterocycles. The maximum absolute atomic E-state index is 12.7. The summed E-state index contributed by atoms with van der Waals surface area (Å²) in [6.45, 7) is 1.81. The summed E-state index contributed by atoms with van der Waals surface area (Å²) in [7, 11) is 0. The van der Waals surface area contributed by atoms with E-state index in [0.717, 1.165) is 22.2 Å². The van der Waals surface area contributed by atoms with Crippen molar-refractivity contribution in [2.24, 2.45) is 16.8 Å². The summed E-state index contributed by atoms with van der Waals surface area (Å²) < 4.78 is 38.0. The van der Waals surface area contributed by atoms with Crippen LogP contribution >= 0.6 is 11.8 Å². The topological polar surface area (TPSA) is 58.6 Å². The van der Waals surface area contributed by atoms with E-state index in [2.05, 4.69) is 5.16 Å². The van der Waals surface area contributed by atoms with Gasteiger partial charge in [-0.1, -0.05) is 23.4 Å². The van der Waals surface area contributed by atoms with Gasteiger partial charge >= 0.3 is 6.18 Å². The van der Waals surface area contributed by atoms with Gasteiger partial charge in [0.1, 0.15) is 5.92 Å². The van der Waals surface area contributed by atoms with Gasteiger partial charge in [-0.3, -0.25) is 0 Å². The summed E-state index contributed by atoms with van der Waals surface area (Å²) >= 11 is 1.03. The number of nitrogens with two attached hydrogens (primary N) is 1. The minimum Gasteiger partial charge on any atom is -0.409 e. The van der Waals surface area contributed by atoms with Gasteiger partial charge in [-0.15, -0.1) is 11.8 Å². The molecule has 1 aromatic rings. The predicted molar refractivity (Wildman–Crippen MR) is 64.9 cm³/mol. The van der Waals surface area contributed by atoms with Gasteiger partial charge in [0, 0.05) is 10.6 Å². The summed E-state index contributed by atoms with van der Waals surface area (Å²) in [5.41, 5.74) is 5.96. The summed E-state index contributed by atoms with van der Waals surface area (Å²) in [4.78, 5) is 0.748. The summed E-state index contributed by atoms with van der Waals surface area (Å²) in [6.07, 6.45) is -4.52. The highest BCUT2D eigenvalue weighted by molar-refractivity contribution is 7.99. The van der Waals surface area contributed by atoms with Crippen LogP contribution in [-0.2, 0) is 0 Å². The molecule has 1 unspecified atom stereocenters. The molecule has 1 aromatic carbocycles. The number of thioether (sulfide) groups is 1. The van der Waals surface area contributed by atoms with E-state index in [1.807, 2.05) is 19.1 Å². The minimum atomic E-state index is -4.52. The van der Waals surface area contributed by atoms with Crippen LogP contribution in [0.1, 0.15) is 5.56 Å². The Bertz CT molecular complexity index is 435. The number of benzene rings is 1. The van der Waals surface area contributed by atoms with E-state index >= 15 is 0 Å². The molecule has 0 radical (unpaired) electrons. The fourth-order valence-corrected chi connectivity index (χ4v) is 2.49. The quantitative estimate of drug-likeness (QED) is 0.293. The molecule has 0 spiro atoms. The van der Waals surface area contributed by atoms with E-state index in [9.17, 15) is 13.2 Å². The highest BCUT2D eigenvalue weighted by atomic mass is 32.2. The summed E-state index contributed by atoms with van der Waals surface area (Å²) in [6, 6.07) is 7.11. The molecule has 0 saturated heterocycles. The number of oxime groups is 1. The van der Waals surface area contributed by atoms with Crippen molar-refractivity contribution in [3.05, 3.63) is 29.8 Å². The first-order valence-electron chi connectivity index (χ1n) is 5.08. The van der Waals surface area contributed by atoms with E-state index in [1.165, 1.54) is 0 Å². The Morgan fingerprint density at radius 1 is 1.44 bits per heavy atom. The molecule has 7 heteroatoms. The van der Waals surface area contributed by atoms with Crippen LogP contribution in [0.2, 0.25) is 0 Å². The lowest BCUT2D eigenvalue weighted by atomic mass is 10.1. The standard InChI is InChI=1S/C11H13F3N2OS/c1-7-4-2-3-5-9(7)18-6-8(10(15)16-17)11(12,13)14/h2-5,8,17H,6H2,1H3,(H2,15,16). The Labute approximate surface area is 107 Å². The summed E-state index contributed by atoms with van der Waals surface area (Å²) in [5, 5.41) is 10.8. The Balaban J connectivity index is 2.78. The molecule has 0 bridgehead atoms. The number of aryl methyl sites for hydroxylation is 1. The molecule has 1 rings (SSSR count). The molecule has 0 aliphatic carbocycles. The van der Waals surface area contributed by atoms with Gasteiger partial charge in [0.2, 0.25) is 0 Å². The van der Waals surface area contributed by atoms with Crippen LogP contribution in [0.3, 0.4) is 0 Å². The van der Waals surface area contributed by atoms with Crippen LogP contribution in [0.5, 0.6) is 0 Å². The molecular weight excluding hydrogens is 265 g/mol. The van der Waals surface area contributed by atoms with Crippen LogP contribution < -0.4 is 5.73 Å². The van der Waals surface area contributed by atoms with Gasteiger partial charge in [0.15, 0.2) is 5.84 Å². The zero-order chi connectivity index (χ0) is 13.8. The third kappa shape index (κ3) is 3.83. The zero-order valence-corrected chi connectivity index (χ0v) is 10.4. The van der Waals surface area contributed by atoms with Crippen molar-refractivity contribution in [1.82, 2.24) is 0 Å². The van der Waals surface area contributed by atoms with Crippen molar-refractivity contribution in [1.29, 1.82) is 0 Å². The van der Waals surface area contributed by atoms with Crippen LogP contribution in [0.4, 0.5) is 13.2 Å². The first kappa shape index (κ1) is 14.7. The van der Waals surface area contributed by atoms with E-state index in [4.69, 9.17) is 10.9 Å². The van der Waals surface area contributed by atoms with Crippen LogP contribution in [0, 0.1) is 12.8 Å². The molecule has 0 aromatic heterocycles. The number of nitrogens with zero attached hydrogens (tertiary/aromatic N) is 1. The average molecular weight is 278 g/mol. The number of halogens is 3. The zero-order valence-electron chi connectivity index (χ0n) is 9.61. The second-order valence-electron chi connectivity index (χ2n) is 3.70. The largest absolute Gasteiger partial charge is 0.409 e. The summed E-state index contributed by atoms with van der Waals surface area (Å²) in [5.74, 6) is -3.08. The molecule has 1 atom stereocenters. The molecule has 0 heterocycles. The Kier molecular flexibility index (Phi) is 4.89. The van der Waals surface area contributed by atoms with Crippen molar-refractivity contribution in [2.45, 2.75) is 18.0 Å². The van der Waals surface area contributed by atoms with E-state index in [-0.39, 0.29) is 5.75 Å². The molecule has 3 nitrogen and oxygen atoms in total. The molecular formula is C11H13F3N2OS. The third-order valence-corrected chi connectivity index (χ3v) is 3.64. The number of hydrogen-bond donors (Lipinski definition) is 2. The number of alkyl halides is 3. The van der Waals surface area contributed by atoms with Crippen molar-refractivity contribution in [3.63, 3.8) is 0 Å². The molecule has 0 fully saturated rings. The third-order valence-electron chi connectivity index (χ3n) is 2.37. The highest BCUT2D eigenvalue weighted by Gasteiger charge is 2.42. The molecule has 0 aliphatic rings. The maximum Gasteiger partial charge on any atom is 0.399 e. The Morgan fingerprint density at radius 2 is 2.06 bits per heavy atom. The van der Waals surface area contributed by atoms with Gasteiger partial charge in [0.05, 0.1) is 0 Å². The first-order valence-corrected chi connectivity index (χ1v) is 6.07. The van der Waals surface area contributed by atoms with Crippen LogP contribution in [0.25, 0.3) is 0 Å². The lowest BCUT2D eigenvalue weighted by Crippen LogP contribution is -2.37. The number of hydrogen-bond acceptors (Lipinski definition) is 3. The van der Waals surface area contributed by atoms with E-state index in [0.29, 0.717) is 0 Å².